The topological polar surface area (TPSA) is 63.0 Å². The molecule has 0 aromatic carbocycles. The summed E-state index contributed by atoms with van der Waals surface area (Å²) < 4.78 is 1.65. The number of aliphatic hydroxyl groups is 1. The molecule has 2 aromatic heterocycles. The molecule has 1 unspecified atom stereocenters. The van der Waals surface area contributed by atoms with E-state index in [2.05, 4.69) is 39.4 Å². The van der Waals surface area contributed by atoms with Crippen LogP contribution in [-0.2, 0) is 13.1 Å². The average molecular weight is 252 g/mol. The van der Waals surface area contributed by atoms with Gasteiger partial charge >= 0.3 is 0 Å². The number of nitrogens with zero attached hydrogens (tertiary/aromatic N) is 3. The summed E-state index contributed by atoms with van der Waals surface area (Å²) in [6.07, 6.45) is 1.85. The highest BCUT2D eigenvalue weighted by molar-refractivity contribution is 7.07. The minimum atomic E-state index is 0.0849. The minimum Gasteiger partial charge on any atom is -0.394 e. The smallest absolute Gasteiger partial charge is 0.0965 e. The maximum absolute atomic E-state index is 8.77. The van der Waals surface area contributed by atoms with E-state index in [9.17, 15) is 0 Å². The number of rotatable bonds is 6. The predicted octanol–water partition coefficient (Wildman–Crippen LogP) is 1.18. The number of thiophene rings is 1. The molecule has 2 N–H and O–H groups in total. The van der Waals surface area contributed by atoms with Gasteiger partial charge in [-0.1, -0.05) is 5.21 Å². The summed E-state index contributed by atoms with van der Waals surface area (Å²) in [6.45, 7) is 3.39. The molecule has 92 valence electrons. The van der Waals surface area contributed by atoms with Gasteiger partial charge in [-0.05, 0) is 29.3 Å². The van der Waals surface area contributed by atoms with E-state index in [0.717, 1.165) is 5.69 Å². The Balaban J connectivity index is 1.84. The fourth-order valence-electron chi connectivity index (χ4n) is 1.53. The maximum Gasteiger partial charge on any atom is 0.0965 e. The van der Waals surface area contributed by atoms with Crippen LogP contribution in [0.3, 0.4) is 0 Å². The van der Waals surface area contributed by atoms with Gasteiger partial charge in [0.2, 0.25) is 0 Å². The lowest BCUT2D eigenvalue weighted by Gasteiger charge is -2.10. The van der Waals surface area contributed by atoms with E-state index >= 15 is 0 Å². The average Bonchev–Trinajstić information content (AvgIpc) is 2.97. The molecule has 0 radical (unpaired) electrons. The van der Waals surface area contributed by atoms with Crippen LogP contribution < -0.4 is 5.32 Å². The quantitative estimate of drug-likeness (QED) is 0.810. The standard InChI is InChI=1S/C11H16N4OS/c1-9(10-2-5-17-8-10)12-6-11-7-15(3-4-16)14-13-11/h2,5,7-9,12,16H,3-4,6H2,1H3. The molecule has 0 spiro atoms. The molecule has 0 aliphatic heterocycles. The van der Waals surface area contributed by atoms with Gasteiger partial charge in [-0.15, -0.1) is 5.10 Å². The summed E-state index contributed by atoms with van der Waals surface area (Å²) in [4.78, 5) is 0. The molecule has 1 atom stereocenters. The summed E-state index contributed by atoms with van der Waals surface area (Å²) >= 11 is 1.70. The molecule has 6 heteroatoms. The van der Waals surface area contributed by atoms with Gasteiger partial charge in [-0.25, -0.2) is 4.68 Å². The van der Waals surface area contributed by atoms with E-state index in [1.54, 1.807) is 16.0 Å². The van der Waals surface area contributed by atoms with Crippen LogP contribution in [-0.4, -0.2) is 26.7 Å². The lowest BCUT2D eigenvalue weighted by molar-refractivity contribution is 0.268. The van der Waals surface area contributed by atoms with Crippen molar-refractivity contribution in [3.63, 3.8) is 0 Å². The molecule has 0 aliphatic rings. The highest BCUT2D eigenvalue weighted by Crippen LogP contribution is 2.15. The molecule has 0 amide bonds. The van der Waals surface area contributed by atoms with E-state index in [1.807, 2.05) is 6.20 Å². The molecular formula is C11H16N4OS. The van der Waals surface area contributed by atoms with Crippen LogP contribution in [0.4, 0.5) is 0 Å². The van der Waals surface area contributed by atoms with E-state index in [-0.39, 0.29) is 6.61 Å². The van der Waals surface area contributed by atoms with Gasteiger partial charge in [0, 0.05) is 18.8 Å². The Bertz CT molecular complexity index is 440. The van der Waals surface area contributed by atoms with Gasteiger partial charge < -0.3 is 10.4 Å². The third-order valence-corrected chi connectivity index (χ3v) is 3.25. The van der Waals surface area contributed by atoms with Crippen LogP contribution in [0.15, 0.2) is 23.0 Å². The van der Waals surface area contributed by atoms with Crippen LogP contribution in [0.5, 0.6) is 0 Å². The highest BCUT2D eigenvalue weighted by Gasteiger charge is 2.06. The summed E-state index contributed by atoms with van der Waals surface area (Å²) in [5.74, 6) is 0. The van der Waals surface area contributed by atoms with E-state index in [1.165, 1.54) is 5.56 Å². The van der Waals surface area contributed by atoms with Crippen molar-refractivity contribution in [2.45, 2.75) is 26.1 Å². The summed E-state index contributed by atoms with van der Waals surface area (Å²) in [5, 5.41) is 24.3. The van der Waals surface area contributed by atoms with Crippen LogP contribution in [0.1, 0.15) is 24.2 Å². The normalized spacial score (nSPS) is 12.8. The monoisotopic (exact) mass is 252 g/mol. The molecule has 0 saturated carbocycles. The molecule has 2 heterocycles. The van der Waals surface area contributed by atoms with Gasteiger partial charge in [0.15, 0.2) is 0 Å². The van der Waals surface area contributed by atoms with Crippen molar-refractivity contribution in [1.82, 2.24) is 20.3 Å². The van der Waals surface area contributed by atoms with Gasteiger partial charge in [0.1, 0.15) is 0 Å². The summed E-state index contributed by atoms with van der Waals surface area (Å²) in [7, 11) is 0. The van der Waals surface area contributed by atoms with Crippen LogP contribution in [0.2, 0.25) is 0 Å². The number of nitrogens with one attached hydrogen (secondary N) is 1. The first-order valence-corrected chi connectivity index (χ1v) is 6.49. The fraction of sp³-hybridized carbons (Fsp3) is 0.455. The third-order valence-electron chi connectivity index (χ3n) is 2.55. The SMILES string of the molecule is CC(NCc1cn(CCO)nn1)c1ccsc1. The van der Waals surface area contributed by atoms with Crippen molar-refractivity contribution in [1.29, 1.82) is 0 Å². The fourth-order valence-corrected chi connectivity index (χ4v) is 2.28. The Morgan fingerprint density at radius 2 is 2.47 bits per heavy atom. The largest absolute Gasteiger partial charge is 0.394 e. The zero-order chi connectivity index (χ0) is 12.1. The van der Waals surface area contributed by atoms with Crippen molar-refractivity contribution in [2.24, 2.45) is 0 Å². The first-order chi connectivity index (χ1) is 8.29. The summed E-state index contributed by atoms with van der Waals surface area (Å²) in [5.41, 5.74) is 2.18. The van der Waals surface area contributed by atoms with Crippen LogP contribution in [0.25, 0.3) is 0 Å². The van der Waals surface area contributed by atoms with Crippen molar-refractivity contribution >= 4 is 11.3 Å². The van der Waals surface area contributed by atoms with Gasteiger partial charge in [-0.3, -0.25) is 0 Å². The molecule has 0 fully saturated rings. The van der Waals surface area contributed by atoms with Gasteiger partial charge in [0.25, 0.3) is 0 Å². The first kappa shape index (κ1) is 12.2. The molecule has 5 nitrogen and oxygen atoms in total. The van der Waals surface area contributed by atoms with E-state index in [0.29, 0.717) is 19.1 Å². The molecular weight excluding hydrogens is 236 g/mol. The van der Waals surface area contributed by atoms with Gasteiger partial charge in [-0.2, -0.15) is 11.3 Å². The second-order valence-corrected chi connectivity index (χ2v) is 4.64. The molecule has 2 rings (SSSR count). The van der Waals surface area contributed by atoms with E-state index in [4.69, 9.17) is 5.11 Å². The highest BCUT2D eigenvalue weighted by atomic mass is 32.1. The first-order valence-electron chi connectivity index (χ1n) is 5.55. The zero-order valence-electron chi connectivity index (χ0n) is 9.71. The number of hydrogen-bond donors (Lipinski definition) is 2. The lowest BCUT2D eigenvalue weighted by Crippen LogP contribution is -2.17. The number of aliphatic hydroxyl groups excluding tert-OH is 1. The Hall–Kier alpha value is -1.24. The number of hydrogen-bond acceptors (Lipinski definition) is 5. The van der Waals surface area contributed by atoms with Crippen LogP contribution >= 0.6 is 11.3 Å². The molecule has 2 aromatic rings. The predicted molar refractivity (Wildman–Crippen MR) is 66.7 cm³/mol. The van der Waals surface area contributed by atoms with Gasteiger partial charge in [0.05, 0.1) is 18.8 Å². The molecule has 0 saturated heterocycles. The molecule has 0 aliphatic carbocycles. The van der Waals surface area contributed by atoms with Crippen molar-refractivity contribution in [2.75, 3.05) is 6.61 Å². The van der Waals surface area contributed by atoms with Crippen molar-refractivity contribution in [3.8, 4) is 0 Å². The minimum absolute atomic E-state index is 0.0849. The Labute approximate surface area is 104 Å². The number of aromatic nitrogens is 3. The second kappa shape index (κ2) is 5.90. The van der Waals surface area contributed by atoms with Crippen molar-refractivity contribution in [3.05, 3.63) is 34.3 Å². The third kappa shape index (κ3) is 3.36. The Kier molecular flexibility index (Phi) is 4.24. The zero-order valence-corrected chi connectivity index (χ0v) is 10.5. The summed E-state index contributed by atoms with van der Waals surface area (Å²) in [6, 6.07) is 2.43. The lowest BCUT2D eigenvalue weighted by atomic mass is 10.2. The van der Waals surface area contributed by atoms with Crippen molar-refractivity contribution < 1.29 is 5.11 Å². The molecule has 0 bridgehead atoms. The van der Waals surface area contributed by atoms with E-state index < -0.39 is 0 Å². The second-order valence-electron chi connectivity index (χ2n) is 3.86. The Morgan fingerprint density at radius 1 is 1.59 bits per heavy atom. The molecule has 17 heavy (non-hydrogen) atoms. The van der Waals surface area contributed by atoms with Crippen LogP contribution in [0, 0.1) is 0 Å². The maximum atomic E-state index is 8.77. The Morgan fingerprint density at radius 3 is 3.18 bits per heavy atom.